The van der Waals surface area contributed by atoms with Crippen molar-refractivity contribution in [1.82, 2.24) is 4.90 Å². The minimum atomic E-state index is -0.110. The molecule has 20 heavy (non-hydrogen) atoms. The van der Waals surface area contributed by atoms with Crippen LogP contribution in [-0.4, -0.2) is 43.0 Å². The number of aryl methyl sites for hydroxylation is 2. The van der Waals surface area contributed by atoms with E-state index in [2.05, 4.69) is 24.8 Å². The second-order valence-corrected chi connectivity index (χ2v) is 6.21. The molecule has 0 spiro atoms. The van der Waals surface area contributed by atoms with Gasteiger partial charge in [0.15, 0.2) is 5.78 Å². The zero-order chi connectivity index (χ0) is 14.8. The highest BCUT2D eigenvalue weighted by Crippen LogP contribution is 2.24. The Labute approximate surface area is 121 Å². The Hall–Kier alpha value is -1.19. The smallest absolute Gasteiger partial charge is 0.177 e. The first-order chi connectivity index (χ1) is 9.43. The molecule has 0 radical (unpaired) electrons. The number of likely N-dealkylation sites (tertiary alicyclic amines) is 1. The van der Waals surface area contributed by atoms with Crippen molar-refractivity contribution in [1.29, 1.82) is 0 Å². The molecule has 3 nitrogen and oxygen atoms in total. The summed E-state index contributed by atoms with van der Waals surface area (Å²) in [5.74, 6) is 0.211. The average molecular weight is 275 g/mol. The molecular weight excluding hydrogens is 250 g/mol. The van der Waals surface area contributed by atoms with Crippen molar-refractivity contribution in [2.24, 2.45) is 0 Å². The molecule has 1 aromatic rings. The van der Waals surface area contributed by atoms with Gasteiger partial charge in [-0.15, -0.1) is 0 Å². The molecule has 0 bridgehead atoms. The third kappa shape index (κ3) is 3.47. The van der Waals surface area contributed by atoms with Gasteiger partial charge in [-0.2, -0.15) is 0 Å². The van der Waals surface area contributed by atoms with Crippen LogP contribution in [0.5, 0.6) is 0 Å². The fourth-order valence-electron chi connectivity index (χ4n) is 3.02. The van der Waals surface area contributed by atoms with Crippen LogP contribution in [0.1, 0.15) is 41.3 Å². The van der Waals surface area contributed by atoms with Gasteiger partial charge in [0, 0.05) is 19.2 Å². The topological polar surface area (TPSA) is 29.5 Å². The summed E-state index contributed by atoms with van der Waals surface area (Å²) in [5.41, 5.74) is 3.01. The summed E-state index contributed by atoms with van der Waals surface area (Å²) in [5, 5.41) is 0. The van der Waals surface area contributed by atoms with Gasteiger partial charge >= 0.3 is 0 Å². The Morgan fingerprint density at radius 3 is 2.80 bits per heavy atom. The van der Waals surface area contributed by atoms with Gasteiger partial charge in [-0.05, 0) is 45.7 Å². The van der Waals surface area contributed by atoms with Crippen molar-refractivity contribution in [3.8, 4) is 0 Å². The maximum atomic E-state index is 12.5. The van der Waals surface area contributed by atoms with Crippen molar-refractivity contribution >= 4 is 5.78 Å². The molecule has 1 heterocycles. The Kier molecular flexibility index (Phi) is 4.61. The van der Waals surface area contributed by atoms with Crippen molar-refractivity contribution in [2.45, 2.75) is 39.2 Å². The third-order valence-electron chi connectivity index (χ3n) is 4.28. The molecule has 0 aromatic heterocycles. The summed E-state index contributed by atoms with van der Waals surface area (Å²) >= 11 is 0. The first-order valence-corrected chi connectivity index (χ1v) is 7.31. The number of carbonyl (C=O) groups excluding carboxylic acids is 1. The Bertz CT molecular complexity index is 498. The van der Waals surface area contributed by atoms with Crippen LogP contribution in [0, 0.1) is 13.8 Å². The average Bonchev–Trinajstić information content (AvgIpc) is 2.38. The monoisotopic (exact) mass is 275 g/mol. The lowest BCUT2D eigenvalue weighted by atomic mass is 9.94. The van der Waals surface area contributed by atoms with Crippen molar-refractivity contribution in [2.75, 3.05) is 26.7 Å². The van der Waals surface area contributed by atoms with E-state index in [4.69, 9.17) is 4.74 Å². The van der Waals surface area contributed by atoms with Gasteiger partial charge in [-0.1, -0.05) is 23.8 Å². The summed E-state index contributed by atoms with van der Waals surface area (Å²) < 4.78 is 5.58. The largest absolute Gasteiger partial charge is 0.377 e. The highest BCUT2D eigenvalue weighted by Gasteiger charge is 2.31. The first kappa shape index (κ1) is 15.2. The zero-order valence-electron chi connectivity index (χ0n) is 13.0. The SMILES string of the molecule is COC1(C)CCCN(CC(=O)c2ccc(C)cc2C)C1. The number of carbonyl (C=O) groups is 1. The van der Waals surface area contributed by atoms with E-state index in [0.29, 0.717) is 6.54 Å². The van der Waals surface area contributed by atoms with Crippen LogP contribution in [0.15, 0.2) is 18.2 Å². The predicted molar refractivity (Wildman–Crippen MR) is 81.3 cm³/mol. The summed E-state index contributed by atoms with van der Waals surface area (Å²) in [6.45, 7) is 8.49. The zero-order valence-corrected chi connectivity index (χ0v) is 13.0. The lowest BCUT2D eigenvalue weighted by molar-refractivity contribution is -0.0485. The minimum absolute atomic E-state index is 0.110. The number of rotatable bonds is 4. The number of ether oxygens (including phenoxy) is 1. The van der Waals surface area contributed by atoms with Gasteiger partial charge in [-0.3, -0.25) is 9.69 Å². The van der Waals surface area contributed by atoms with Crippen molar-refractivity contribution in [3.63, 3.8) is 0 Å². The molecule has 2 rings (SSSR count). The molecule has 0 amide bonds. The molecule has 1 fully saturated rings. The van der Waals surface area contributed by atoms with Crippen molar-refractivity contribution < 1.29 is 9.53 Å². The van der Waals surface area contributed by atoms with Gasteiger partial charge in [0.1, 0.15) is 0 Å². The van der Waals surface area contributed by atoms with E-state index >= 15 is 0 Å². The van der Waals surface area contributed by atoms with Gasteiger partial charge < -0.3 is 4.74 Å². The number of nitrogens with zero attached hydrogens (tertiary/aromatic N) is 1. The number of benzene rings is 1. The van der Waals surface area contributed by atoms with E-state index in [9.17, 15) is 4.79 Å². The second-order valence-electron chi connectivity index (χ2n) is 6.21. The molecule has 110 valence electrons. The number of methoxy groups -OCH3 is 1. The van der Waals surface area contributed by atoms with E-state index in [-0.39, 0.29) is 11.4 Å². The number of Topliss-reactive ketones (excluding diaryl/α,β-unsaturated/α-hetero) is 1. The highest BCUT2D eigenvalue weighted by molar-refractivity contribution is 5.99. The normalized spacial score (nSPS) is 23.8. The fourth-order valence-corrected chi connectivity index (χ4v) is 3.02. The molecule has 1 unspecified atom stereocenters. The Balaban J connectivity index is 2.04. The molecule has 0 saturated carbocycles. The van der Waals surface area contributed by atoms with Crippen LogP contribution in [0.25, 0.3) is 0 Å². The van der Waals surface area contributed by atoms with E-state index < -0.39 is 0 Å². The maximum Gasteiger partial charge on any atom is 0.177 e. The number of ketones is 1. The Morgan fingerprint density at radius 1 is 1.40 bits per heavy atom. The van der Waals surface area contributed by atoms with Crippen LogP contribution in [-0.2, 0) is 4.74 Å². The van der Waals surface area contributed by atoms with Crippen LogP contribution in [0.3, 0.4) is 0 Å². The number of hydrogen-bond donors (Lipinski definition) is 0. The second kappa shape index (κ2) is 6.06. The lowest BCUT2D eigenvalue weighted by Gasteiger charge is -2.39. The fraction of sp³-hybridized carbons (Fsp3) is 0.588. The van der Waals surface area contributed by atoms with E-state index in [1.165, 1.54) is 5.56 Å². The molecule has 1 aliphatic heterocycles. The lowest BCUT2D eigenvalue weighted by Crippen LogP contribution is -2.48. The van der Waals surface area contributed by atoms with Crippen LogP contribution in [0.4, 0.5) is 0 Å². The number of hydrogen-bond acceptors (Lipinski definition) is 3. The van der Waals surface area contributed by atoms with E-state index in [0.717, 1.165) is 37.1 Å². The molecule has 1 saturated heterocycles. The van der Waals surface area contributed by atoms with Gasteiger partial charge in [0.2, 0.25) is 0 Å². The summed E-state index contributed by atoms with van der Waals surface area (Å²) in [6, 6.07) is 6.03. The third-order valence-corrected chi connectivity index (χ3v) is 4.28. The molecule has 0 aliphatic carbocycles. The summed E-state index contributed by atoms with van der Waals surface area (Å²) in [6.07, 6.45) is 2.16. The van der Waals surface area contributed by atoms with Gasteiger partial charge in [-0.25, -0.2) is 0 Å². The maximum absolute atomic E-state index is 12.5. The first-order valence-electron chi connectivity index (χ1n) is 7.31. The van der Waals surface area contributed by atoms with Crippen LogP contribution < -0.4 is 0 Å². The van der Waals surface area contributed by atoms with Gasteiger partial charge in [0.25, 0.3) is 0 Å². The van der Waals surface area contributed by atoms with Crippen LogP contribution in [0.2, 0.25) is 0 Å². The minimum Gasteiger partial charge on any atom is -0.377 e. The molecule has 3 heteroatoms. The predicted octanol–water partition coefficient (Wildman–Crippen LogP) is 2.99. The standard InChI is InChI=1S/C17H25NO2/c1-13-6-7-15(14(2)10-13)16(19)11-18-9-5-8-17(3,12-18)20-4/h6-7,10H,5,8-9,11-12H2,1-4H3. The summed E-state index contributed by atoms with van der Waals surface area (Å²) in [7, 11) is 1.76. The van der Waals surface area contributed by atoms with E-state index in [1.54, 1.807) is 7.11 Å². The molecule has 1 atom stereocenters. The molecule has 1 aliphatic rings. The molecule has 1 aromatic carbocycles. The van der Waals surface area contributed by atoms with Gasteiger partial charge in [0.05, 0.1) is 12.1 Å². The highest BCUT2D eigenvalue weighted by atomic mass is 16.5. The van der Waals surface area contributed by atoms with Crippen LogP contribution >= 0.6 is 0 Å². The van der Waals surface area contributed by atoms with E-state index in [1.807, 2.05) is 19.1 Å². The molecular formula is C17H25NO2. The molecule has 0 N–H and O–H groups in total. The van der Waals surface area contributed by atoms with Crippen molar-refractivity contribution in [3.05, 3.63) is 34.9 Å². The quantitative estimate of drug-likeness (QED) is 0.791. The summed E-state index contributed by atoms with van der Waals surface area (Å²) in [4.78, 5) is 14.7. The Morgan fingerprint density at radius 2 is 2.15 bits per heavy atom. The number of piperidine rings is 1.